The van der Waals surface area contributed by atoms with Gasteiger partial charge in [-0.25, -0.2) is 12.8 Å². The molecule has 4 rings (SSSR count). The lowest BCUT2D eigenvalue weighted by Crippen LogP contribution is -2.50. The monoisotopic (exact) mass is 461 g/mol. The van der Waals surface area contributed by atoms with Crippen LogP contribution in [0.5, 0.6) is 5.75 Å². The van der Waals surface area contributed by atoms with Crippen molar-refractivity contribution in [2.75, 3.05) is 31.5 Å². The van der Waals surface area contributed by atoms with Crippen molar-refractivity contribution < 1.29 is 27.1 Å². The normalized spacial score (nSPS) is 19.1. The van der Waals surface area contributed by atoms with E-state index >= 15 is 0 Å². The summed E-state index contributed by atoms with van der Waals surface area (Å²) < 4.78 is 46.2. The third kappa shape index (κ3) is 4.46. The largest absolute Gasteiger partial charge is 0.478 e. The van der Waals surface area contributed by atoms with Crippen molar-refractivity contribution in [3.8, 4) is 5.75 Å². The molecule has 1 N–H and O–H groups in total. The van der Waals surface area contributed by atoms with E-state index in [4.69, 9.17) is 4.74 Å². The van der Waals surface area contributed by atoms with Gasteiger partial charge in [-0.2, -0.15) is 4.31 Å². The molecule has 8 nitrogen and oxygen atoms in total. The van der Waals surface area contributed by atoms with Crippen molar-refractivity contribution in [2.24, 2.45) is 0 Å². The van der Waals surface area contributed by atoms with Crippen LogP contribution in [0.3, 0.4) is 0 Å². The van der Waals surface area contributed by atoms with E-state index in [9.17, 15) is 22.4 Å². The summed E-state index contributed by atoms with van der Waals surface area (Å²) in [5.41, 5.74) is 1.03. The molecule has 0 aliphatic carbocycles. The predicted octanol–water partition coefficient (Wildman–Crippen LogP) is 2.01. The van der Waals surface area contributed by atoms with Crippen LogP contribution in [-0.4, -0.2) is 61.7 Å². The van der Waals surface area contributed by atoms with E-state index in [1.165, 1.54) is 28.6 Å². The van der Waals surface area contributed by atoms with E-state index in [-0.39, 0.29) is 55.1 Å². The highest BCUT2D eigenvalue weighted by Gasteiger charge is 2.32. The molecule has 0 saturated carbocycles. The maximum atomic E-state index is 13.1. The molecule has 0 bridgehead atoms. The quantitative estimate of drug-likeness (QED) is 0.735. The minimum atomic E-state index is -3.80. The van der Waals surface area contributed by atoms with Gasteiger partial charge in [0.1, 0.15) is 11.6 Å². The van der Waals surface area contributed by atoms with Gasteiger partial charge in [0.2, 0.25) is 15.9 Å². The Hall–Kier alpha value is -2.98. The molecule has 2 amide bonds. The number of sulfonamides is 1. The Bertz CT molecular complexity index is 1130. The Morgan fingerprint density at radius 3 is 2.47 bits per heavy atom. The molecule has 0 radical (unpaired) electrons. The summed E-state index contributed by atoms with van der Waals surface area (Å²) in [4.78, 5) is 26.2. The average Bonchev–Trinajstić information content (AvgIpc) is 2.79. The summed E-state index contributed by atoms with van der Waals surface area (Å²) in [5.74, 6) is -0.360. The van der Waals surface area contributed by atoms with Crippen LogP contribution in [0.25, 0.3) is 0 Å². The molecule has 2 heterocycles. The smallest absolute Gasteiger partial charge is 0.265 e. The molecule has 2 aliphatic heterocycles. The number of ether oxygens (including phenoxy) is 1. The van der Waals surface area contributed by atoms with Crippen LogP contribution in [0.2, 0.25) is 0 Å². The van der Waals surface area contributed by atoms with Crippen molar-refractivity contribution in [3.05, 3.63) is 53.8 Å². The van der Waals surface area contributed by atoms with Crippen molar-refractivity contribution in [1.29, 1.82) is 0 Å². The number of fused-ring (bicyclic) bond motifs is 1. The van der Waals surface area contributed by atoms with E-state index in [1.807, 2.05) is 6.92 Å². The number of carbonyl (C=O) groups is 2. The number of piperazine rings is 1. The van der Waals surface area contributed by atoms with Crippen LogP contribution in [0.15, 0.2) is 47.4 Å². The van der Waals surface area contributed by atoms with Gasteiger partial charge in [0.15, 0.2) is 6.10 Å². The number of carbonyl (C=O) groups excluding carboxylic acids is 2. The molecule has 0 spiro atoms. The molecule has 170 valence electrons. The molecule has 1 saturated heterocycles. The topological polar surface area (TPSA) is 96.0 Å². The zero-order chi connectivity index (χ0) is 22.9. The lowest BCUT2D eigenvalue weighted by Gasteiger charge is -2.34. The summed E-state index contributed by atoms with van der Waals surface area (Å²) in [6, 6.07) is 10.2. The highest BCUT2D eigenvalue weighted by Crippen LogP contribution is 2.33. The molecular formula is C22H24FN3O5S. The second-order valence-corrected chi connectivity index (χ2v) is 9.69. The van der Waals surface area contributed by atoms with Gasteiger partial charge in [0.05, 0.1) is 17.0 Å². The average molecular weight is 462 g/mol. The van der Waals surface area contributed by atoms with Crippen molar-refractivity contribution in [2.45, 2.75) is 30.8 Å². The summed E-state index contributed by atoms with van der Waals surface area (Å²) >= 11 is 0. The molecule has 32 heavy (non-hydrogen) atoms. The molecule has 10 heteroatoms. The zero-order valence-electron chi connectivity index (χ0n) is 17.6. The third-order valence-corrected chi connectivity index (χ3v) is 7.53. The number of amides is 2. The van der Waals surface area contributed by atoms with E-state index in [0.29, 0.717) is 23.4 Å². The van der Waals surface area contributed by atoms with Crippen molar-refractivity contribution in [1.82, 2.24) is 9.21 Å². The minimum Gasteiger partial charge on any atom is -0.478 e. The van der Waals surface area contributed by atoms with Crippen LogP contribution < -0.4 is 10.1 Å². The predicted molar refractivity (Wildman–Crippen MR) is 115 cm³/mol. The Morgan fingerprint density at radius 2 is 1.81 bits per heavy atom. The van der Waals surface area contributed by atoms with E-state index in [1.54, 1.807) is 23.1 Å². The van der Waals surface area contributed by atoms with Gasteiger partial charge in [-0.05, 0) is 42.3 Å². The number of anilines is 1. The number of hydrogen-bond donors (Lipinski definition) is 1. The van der Waals surface area contributed by atoms with Crippen molar-refractivity contribution >= 4 is 27.5 Å². The van der Waals surface area contributed by atoms with Crippen LogP contribution in [0.1, 0.15) is 18.9 Å². The van der Waals surface area contributed by atoms with Crippen LogP contribution >= 0.6 is 0 Å². The third-order valence-electron chi connectivity index (χ3n) is 5.64. The highest BCUT2D eigenvalue weighted by atomic mass is 32.2. The van der Waals surface area contributed by atoms with Crippen LogP contribution in [-0.2, 0) is 26.0 Å². The SMILES string of the molecule is CC[C@@H]1Oc2ccc(S(=O)(=O)N3CCN(C(=O)Cc4ccc(F)cc4)CC3)cc2NC1=O. The fourth-order valence-electron chi connectivity index (χ4n) is 3.77. The molecule has 1 fully saturated rings. The van der Waals surface area contributed by atoms with Gasteiger partial charge >= 0.3 is 0 Å². The molecule has 2 aliphatic rings. The molecule has 2 aromatic rings. The lowest BCUT2D eigenvalue weighted by molar-refractivity contribution is -0.131. The second kappa shape index (κ2) is 8.87. The first-order valence-corrected chi connectivity index (χ1v) is 11.9. The van der Waals surface area contributed by atoms with Crippen molar-refractivity contribution in [3.63, 3.8) is 0 Å². The maximum Gasteiger partial charge on any atom is 0.265 e. The van der Waals surface area contributed by atoms with Crippen LogP contribution in [0, 0.1) is 5.82 Å². The fraction of sp³-hybridized carbons (Fsp3) is 0.364. The molecule has 0 aromatic heterocycles. The van der Waals surface area contributed by atoms with Gasteiger partial charge in [0, 0.05) is 26.2 Å². The first-order chi connectivity index (χ1) is 15.3. The van der Waals surface area contributed by atoms with Gasteiger partial charge in [-0.3, -0.25) is 9.59 Å². The fourth-order valence-corrected chi connectivity index (χ4v) is 5.22. The second-order valence-electron chi connectivity index (χ2n) is 7.75. The number of nitrogens with zero attached hydrogens (tertiary/aromatic N) is 2. The highest BCUT2D eigenvalue weighted by molar-refractivity contribution is 7.89. The molecule has 1 atom stereocenters. The summed E-state index contributed by atoms with van der Waals surface area (Å²) in [5, 5.41) is 2.70. The number of halogens is 1. The van der Waals surface area contributed by atoms with Gasteiger partial charge in [0.25, 0.3) is 5.91 Å². The summed E-state index contributed by atoms with van der Waals surface area (Å²) in [7, 11) is -3.80. The summed E-state index contributed by atoms with van der Waals surface area (Å²) in [6.07, 6.45) is 0.0525. The standard InChI is InChI=1S/C22H24FN3O5S/c1-2-19-22(28)24-18-14-17(7-8-20(18)31-19)32(29,30)26-11-9-25(10-12-26)21(27)13-15-3-5-16(23)6-4-15/h3-8,14,19H,2,9-13H2,1H3,(H,24,28)/t19-/m0/s1. The summed E-state index contributed by atoms with van der Waals surface area (Å²) in [6.45, 7) is 2.69. The van der Waals surface area contributed by atoms with Gasteiger partial charge in [-0.1, -0.05) is 19.1 Å². The van der Waals surface area contributed by atoms with Crippen LogP contribution in [0.4, 0.5) is 10.1 Å². The maximum absolute atomic E-state index is 13.1. The lowest BCUT2D eigenvalue weighted by atomic mass is 10.1. The molecule has 2 aromatic carbocycles. The zero-order valence-corrected chi connectivity index (χ0v) is 18.4. The molecular weight excluding hydrogens is 437 g/mol. The van der Waals surface area contributed by atoms with Gasteiger partial charge < -0.3 is 15.0 Å². The first kappa shape index (κ1) is 22.2. The van der Waals surface area contributed by atoms with E-state index in [2.05, 4.69) is 5.32 Å². The number of hydrogen-bond acceptors (Lipinski definition) is 5. The van der Waals surface area contributed by atoms with E-state index < -0.39 is 16.1 Å². The molecule has 0 unspecified atom stereocenters. The Morgan fingerprint density at radius 1 is 1.12 bits per heavy atom. The van der Waals surface area contributed by atoms with Gasteiger partial charge in [-0.15, -0.1) is 0 Å². The number of nitrogens with one attached hydrogen (secondary N) is 1. The Kier molecular flexibility index (Phi) is 6.16. The number of benzene rings is 2. The first-order valence-electron chi connectivity index (χ1n) is 10.4. The number of rotatable bonds is 5. The Balaban J connectivity index is 1.41. The Labute approximate surface area is 186 Å². The van der Waals surface area contributed by atoms with E-state index in [0.717, 1.165) is 0 Å². The minimum absolute atomic E-state index is 0.0567.